The predicted molar refractivity (Wildman–Crippen MR) is 73.6 cm³/mol. The quantitative estimate of drug-likeness (QED) is 0.734. The largest absolute Gasteiger partial charge is 0.468 e. The third-order valence-electron chi connectivity index (χ3n) is 4.07. The molecule has 1 fully saturated rings. The molecule has 0 saturated heterocycles. The third kappa shape index (κ3) is 4.25. The number of hydrogen-bond donors (Lipinski definition) is 1. The lowest BCUT2D eigenvalue weighted by Gasteiger charge is -2.33. The van der Waals surface area contributed by atoms with Gasteiger partial charge < -0.3 is 15.0 Å². The molecule has 0 aromatic rings. The van der Waals surface area contributed by atoms with Crippen molar-refractivity contribution in [2.75, 3.05) is 34.3 Å². The van der Waals surface area contributed by atoms with Crippen LogP contribution in [0.3, 0.4) is 0 Å². The van der Waals surface area contributed by atoms with E-state index in [-0.39, 0.29) is 5.97 Å². The van der Waals surface area contributed by atoms with Gasteiger partial charge in [0.05, 0.1) is 7.11 Å². The minimum Gasteiger partial charge on any atom is -0.468 e. The second kappa shape index (κ2) is 7.10. The van der Waals surface area contributed by atoms with E-state index in [9.17, 15) is 4.79 Å². The van der Waals surface area contributed by atoms with E-state index >= 15 is 0 Å². The summed E-state index contributed by atoms with van der Waals surface area (Å²) < 4.78 is 4.87. The molecule has 0 amide bonds. The molecule has 1 aliphatic rings. The molecule has 18 heavy (non-hydrogen) atoms. The normalized spacial score (nSPS) is 20.7. The Hall–Kier alpha value is -0.610. The number of likely N-dealkylation sites (N-methyl/N-ethyl adjacent to an activating group) is 2. The summed E-state index contributed by atoms with van der Waals surface area (Å²) >= 11 is 0. The molecule has 0 aromatic heterocycles. The molecule has 1 aliphatic carbocycles. The van der Waals surface area contributed by atoms with Gasteiger partial charge in [-0.1, -0.05) is 19.3 Å². The summed E-state index contributed by atoms with van der Waals surface area (Å²) in [6.45, 7) is 3.66. The highest BCUT2D eigenvalue weighted by atomic mass is 16.5. The van der Waals surface area contributed by atoms with Crippen molar-refractivity contribution in [2.24, 2.45) is 5.92 Å². The molecule has 0 aromatic carbocycles. The van der Waals surface area contributed by atoms with Gasteiger partial charge in [0.2, 0.25) is 0 Å². The van der Waals surface area contributed by atoms with E-state index in [4.69, 9.17) is 4.74 Å². The Balaban J connectivity index is 2.45. The number of carbonyl (C=O) groups excluding carboxylic acids is 1. The van der Waals surface area contributed by atoms with Gasteiger partial charge in [-0.15, -0.1) is 0 Å². The van der Waals surface area contributed by atoms with Gasteiger partial charge in [0.15, 0.2) is 0 Å². The van der Waals surface area contributed by atoms with Crippen molar-refractivity contribution >= 4 is 5.97 Å². The monoisotopic (exact) mass is 256 g/mol. The maximum Gasteiger partial charge on any atom is 0.327 e. The van der Waals surface area contributed by atoms with Gasteiger partial charge in [-0.25, -0.2) is 0 Å². The minimum atomic E-state index is -0.613. The molecule has 1 N–H and O–H groups in total. The highest BCUT2D eigenvalue weighted by molar-refractivity contribution is 5.80. The van der Waals surface area contributed by atoms with E-state index in [2.05, 4.69) is 17.3 Å². The fraction of sp³-hybridized carbons (Fsp3) is 0.929. The molecule has 106 valence electrons. The highest BCUT2D eigenvalue weighted by Crippen LogP contribution is 2.24. The van der Waals surface area contributed by atoms with Crippen LogP contribution in [0.2, 0.25) is 0 Å². The van der Waals surface area contributed by atoms with Gasteiger partial charge in [0.25, 0.3) is 0 Å². The molecule has 0 heterocycles. The van der Waals surface area contributed by atoms with Gasteiger partial charge in [-0.2, -0.15) is 0 Å². The lowest BCUT2D eigenvalue weighted by atomic mass is 9.88. The molecule has 1 saturated carbocycles. The van der Waals surface area contributed by atoms with E-state index < -0.39 is 5.54 Å². The summed E-state index contributed by atoms with van der Waals surface area (Å²) in [5.41, 5.74) is -0.613. The minimum absolute atomic E-state index is 0.194. The maximum absolute atomic E-state index is 11.8. The SMILES string of the molecule is CNC(C)(CN(C)CC1CCCCC1)C(=O)OC. The maximum atomic E-state index is 11.8. The first-order valence-electron chi connectivity index (χ1n) is 6.97. The fourth-order valence-electron chi connectivity index (χ4n) is 2.89. The van der Waals surface area contributed by atoms with Crippen molar-refractivity contribution in [2.45, 2.75) is 44.6 Å². The second-order valence-corrected chi connectivity index (χ2v) is 5.77. The Morgan fingerprint density at radius 1 is 1.39 bits per heavy atom. The van der Waals surface area contributed by atoms with Crippen LogP contribution in [-0.4, -0.2) is 50.7 Å². The van der Waals surface area contributed by atoms with Gasteiger partial charge in [-0.05, 0) is 39.8 Å². The molecule has 0 aliphatic heterocycles. The zero-order chi connectivity index (χ0) is 13.6. The molecule has 1 rings (SSSR count). The second-order valence-electron chi connectivity index (χ2n) is 5.77. The van der Waals surface area contributed by atoms with Crippen LogP contribution in [0.5, 0.6) is 0 Å². The number of nitrogens with zero attached hydrogens (tertiary/aromatic N) is 1. The number of rotatable bonds is 6. The van der Waals surface area contributed by atoms with Crippen LogP contribution < -0.4 is 5.32 Å². The van der Waals surface area contributed by atoms with E-state index in [1.54, 1.807) is 0 Å². The van der Waals surface area contributed by atoms with Crippen LogP contribution in [0.15, 0.2) is 0 Å². The van der Waals surface area contributed by atoms with Crippen LogP contribution in [-0.2, 0) is 9.53 Å². The summed E-state index contributed by atoms with van der Waals surface area (Å²) in [5.74, 6) is 0.600. The van der Waals surface area contributed by atoms with Crippen LogP contribution in [0, 0.1) is 5.92 Å². The van der Waals surface area contributed by atoms with Gasteiger partial charge >= 0.3 is 5.97 Å². The highest BCUT2D eigenvalue weighted by Gasteiger charge is 2.34. The molecule has 1 unspecified atom stereocenters. The summed E-state index contributed by atoms with van der Waals surface area (Å²) in [4.78, 5) is 14.0. The first-order valence-corrected chi connectivity index (χ1v) is 6.97. The Bertz CT molecular complexity index is 265. The van der Waals surface area contributed by atoms with Crippen LogP contribution in [0.25, 0.3) is 0 Å². The van der Waals surface area contributed by atoms with Crippen LogP contribution in [0.4, 0.5) is 0 Å². The van der Waals surface area contributed by atoms with Crippen molar-refractivity contribution in [3.05, 3.63) is 0 Å². The van der Waals surface area contributed by atoms with Crippen molar-refractivity contribution in [3.63, 3.8) is 0 Å². The fourth-order valence-corrected chi connectivity index (χ4v) is 2.89. The van der Waals surface area contributed by atoms with E-state index in [1.165, 1.54) is 39.2 Å². The summed E-state index contributed by atoms with van der Waals surface area (Å²) in [7, 11) is 5.34. The zero-order valence-electron chi connectivity index (χ0n) is 12.3. The Morgan fingerprint density at radius 2 is 2.00 bits per heavy atom. The number of methoxy groups -OCH3 is 1. The average molecular weight is 256 g/mol. The van der Waals surface area contributed by atoms with Crippen molar-refractivity contribution < 1.29 is 9.53 Å². The zero-order valence-corrected chi connectivity index (χ0v) is 12.3. The molecular weight excluding hydrogens is 228 g/mol. The Kier molecular flexibility index (Phi) is 6.09. The van der Waals surface area contributed by atoms with Crippen molar-refractivity contribution in [1.29, 1.82) is 0 Å². The number of hydrogen-bond acceptors (Lipinski definition) is 4. The van der Waals surface area contributed by atoms with Crippen molar-refractivity contribution in [1.82, 2.24) is 10.2 Å². The number of nitrogens with one attached hydrogen (secondary N) is 1. The smallest absolute Gasteiger partial charge is 0.327 e. The van der Waals surface area contributed by atoms with Crippen LogP contribution >= 0.6 is 0 Å². The number of esters is 1. The van der Waals surface area contributed by atoms with E-state index in [1.807, 2.05) is 14.0 Å². The van der Waals surface area contributed by atoms with E-state index in [0.29, 0.717) is 6.54 Å². The van der Waals surface area contributed by atoms with E-state index in [0.717, 1.165) is 12.5 Å². The van der Waals surface area contributed by atoms with Crippen molar-refractivity contribution in [3.8, 4) is 0 Å². The Morgan fingerprint density at radius 3 is 2.50 bits per heavy atom. The average Bonchev–Trinajstić information content (AvgIpc) is 2.38. The molecule has 0 bridgehead atoms. The Labute approximate surface area is 111 Å². The standard InChI is InChI=1S/C14H28N2O2/c1-14(15-2,13(17)18-4)11-16(3)10-12-8-6-5-7-9-12/h12,15H,5-11H2,1-4H3. The first-order chi connectivity index (χ1) is 8.51. The lowest BCUT2D eigenvalue weighted by Crippen LogP contribution is -2.55. The molecule has 0 spiro atoms. The molecule has 4 heteroatoms. The molecule has 4 nitrogen and oxygen atoms in total. The molecule has 0 radical (unpaired) electrons. The number of ether oxygens (including phenoxy) is 1. The summed E-state index contributed by atoms with van der Waals surface area (Å²) in [6.07, 6.45) is 6.77. The molecular formula is C14H28N2O2. The lowest BCUT2D eigenvalue weighted by molar-refractivity contribution is -0.148. The van der Waals surface area contributed by atoms with Gasteiger partial charge in [-0.3, -0.25) is 4.79 Å². The molecule has 1 atom stereocenters. The predicted octanol–water partition coefficient (Wildman–Crippen LogP) is 1.65. The topological polar surface area (TPSA) is 41.6 Å². The van der Waals surface area contributed by atoms with Gasteiger partial charge in [0, 0.05) is 13.1 Å². The first kappa shape index (κ1) is 15.4. The third-order valence-corrected chi connectivity index (χ3v) is 4.07. The summed E-state index contributed by atoms with van der Waals surface area (Å²) in [5, 5.41) is 3.08. The number of carbonyl (C=O) groups is 1. The summed E-state index contributed by atoms with van der Waals surface area (Å²) in [6, 6.07) is 0. The van der Waals surface area contributed by atoms with Crippen LogP contribution in [0.1, 0.15) is 39.0 Å². The van der Waals surface area contributed by atoms with Gasteiger partial charge in [0.1, 0.15) is 5.54 Å².